The first kappa shape index (κ1) is 15.4. The molecule has 19 heavy (non-hydrogen) atoms. The molecule has 2 fully saturated rings. The molecule has 112 valence electrons. The molecule has 0 saturated heterocycles. The molecular weight excluding hydrogens is 230 g/mol. The average Bonchev–Trinajstić information content (AvgIpc) is 2.70. The summed E-state index contributed by atoms with van der Waals surface area (Å²) in [5.74, 6) is 4.52. The summed E-state index contributed by atoms with van der Waals surface area (Å²) in [6.07, 6.45) is 8.52. The Morgan fingerprint density at radius 3 is 2.32 bits per heavy atom. The molecule has 0 aliphatic heterocycles. The molecule has 0 amide bonds. The molecule has 2 aliphatic carbocycles. The van der Waals surface area contributed by atoms with Crippen LogP contribution in [0.2, 0.25) is 0 Å². The van der Waals surface area contributed by atoms with Crippen LogP contribution in [0.15, 0.2) is 0 Å². The van der Waals surface area contributed by atoms with E-state index in [0.29, 0.717) is 0 Å². The number of hydrogen-bond acceptors (Lipinski definition) is 1. The molecule has 0 aromatic rings. The van der Waals surface area contributed by atoms with Gasteiger partial charge in [0.1, 0.15) is 0 Å². The first-order valence-electron chi connectivity index (χ1n) is 8.78. The Morgan fingerprint density at radius 2 is 1.74 bits per heavy atom. The fourth-order valence-corrected chi connectivity index (χ4v) is 4.73. The van der Waals surface area contributed by atoms with Crippen LogP contribution >= 0.6 is 0 Å². The standard InChI is InChI=1S/C18H35N/c1-6-15-8-10-17(14(15)5)19-18-11-13(4)7-9-16(18)12(2)3/h12-19H,6-11H2,1-5H3. The molecule has 0 radical (unpaired) electrons. The van der Waals surface area contributed by atoms with Gasteiger partial charge in [0.25, 0.3) is 0 Å². The number of nitrogens with one attached hydrogen (secondary N) is 1. The van der Waals surface area contributed by atoms with E-state index < -0.39 is 0 Å². The first-order chi connectivity index (χ1) is 9.02. The third-order valence-electron chi connectivity index (χ3n) is 6.20. The van der Waals surface area contributed by atoms with Gasteiger partial charge in [-0.1, -0.05) is 47.5 Å². The maximum atomic E-state index is 4.09. The van der Waals surface area contributed by atoms with E-state index in [-0.39, 0.29) is 0 Å². The minimum absolute atomic E-state index is 0.784. The molecule has 6 atom stereocenters. The zero-order valence-corrected chi connectivity index (χ0v) is 13.8. The second-order valence-electron chi connectivity index (χ2n) is 7.81. The van der Waals surface area contributed by atoms with Crippen molar-refractivity contribution in [3.8, 4) is 0 Å². The predicted octanol–water partition coefficient (Wildman–Crippen LogP) is 4.86. The van der Waals surface area contributed by atoms with Crippen molar-refractivity contribution >= 4 is 0 Å². The fourth-order valence-electron chi connectivity index (χ4n) is 4.73. The van der Waals surface area contributed by atoms with E-state index in [2.05, 4.69) is 39.9 Å². The third kappa shape index (κ3) is 3.54. The molecule has 0 bridgehead atoms. The summed E-state index contributed by atoms with van der Waals surface area (Å²) in [7, 11) is 0. The highest BCUT2D eigenvalue weighted by Gasteiger charge is 2.36. The van der Waals surface area contributed by atoms with Crippen LogP contribution in [0.3, 0.4) is 0 Å². The van der Waals surface area contributed by atoms with Gasteiger partial charge in [0, 0.05) is 12.1 Å². The van der Waals surface area contributed by atoms with Gasteiger partial charge < -0.3 is 5.32 Å². The van der Waals surface area contributed by atoms with Crippen molar-refractivity contribution in [1.29, 1.82) is 0 Å². The molecule has 6 unspecified atom stereocenters. The fraction of sp³-hybridized carbons (Fsp3) is 1.00. The molecular formula is C18H35N. The number of rotatable bonds is 4. The summed E-state index contributed by atoms with van der Waals surface area (Å²) in [6, 6.07) is 1.58. The Bertz CT molecular complexity index is 273. The zero-order chi connectivity index (χ0) is 14.0. The molecule has 2 rings (SSSR count). The van der Waals surface area contributed by atoms with E-state index in [4.69, 9.17) is 0 Å². The van der Waals surface area contributed by atoms with Crippen molar-refractivity contribution in [1.82, 2.24) is 5.32 Å². The molecule has 0 aromatic heterocycles. The molecule has 2 saturated carbocycles. The van der Waals surface area contributed by atoms with Crippen LogP contribution in [-0.2, 0) is 0 Å². The second kappa shape index (κ2) is 6.61. The van der Waals surface area contributed by atoms with Gasteiger partial charge in [0.15, 0.2) is 0 Å². The lowest BCUT2D eigenvalue weighted by molar-refractivity contribution is 0.150. The van der Waals surface area contributed by atoms with Crippen LogP contribution in [0, 0.1) is 29.6 Å². The van der Waals surface area contributed by atoms with Crippen molar-refractivity contribution in [3.05, 3.63) is 0 Å². The van der Waals surface area contributed by atoms with E-state index >= 15 is 0 Å². The largest absolute Gasteiger partial charge is 0.311 e. The van der Waals surface area contributed by atoms with Crippen LogP contribution in [-0.4, -0.2) is 12.1 Å². The summed E-state index contributed by atoms with van der Waals surface area (Å²) in [5, 5.41) is 4.09. The van der Waals surface area contributed by atoms with Crippen molar-refractivity contribution in [2.75, 3.05) is 0 Å². The average molecular weight is 265 g/mol. The molecule has 1 N–H and O–H groups in total. The third-order valence-corrected chi connectivity index (χ3v) is 6.20. The van der Waals surface area contributed by atoms with Crippen molar-refractivity contribution in [2.24, 2.45) is 29.6 Å². The Morgan fingerprint density at radius 1 is 1.00 bits per heavy atom. The summed E-state index contributed by atoms with van der Waals surface area (Å²) in [4.78, 5) is 0. The van der Waals surface area contributed by atoms with Gasteiger partial charge in [-0.15, -0.1) is 0 Å². The summed E-state index contributed by atoms with van der Waals surface area (Å²) in [6.45, 7) is 12.1. The van der Waals surface area contributed by atoms with Gasteiger partial charge in [-0.25, -0.2) is 0 Å². The monoisotopic (exact) mass is 265 g/mol. The van der Waals surface area contributed by atoms with Crippen molar-refractivity contribution in [3.63, 3.8) is 0 Å². The van der Waals surface area contributed by atoms with Gasteiger partial charge >= 0.3 is 0 Å². The van der Waals surface area contributed by atoms with Crippen molar-refractivity contribution in [2.45, 2.75) is 85.2 Å². The van der Waals surface area contributed by atoms with Crippen LogP contribution in [0.4, 0.5) is 0 Å². The van der Waals surface area contributed by atoms with Gasteiger partial charge in [0.05, 0.1) is 0 Å². The SMILES string of the molecule is CCC1CCC(NC2CC(C)CCC2C(C)C)C1C. The van der Waals surface area contributed by atoms with Crippen LogP contribution < -0.4 is 5.32 Å². The van der Waals surface area contributed by atoms with Crippen LogP contribution in [0.25, 0.3) is 0 Å². The Labute approximate surface area is 120 Å². The maximum Gasteiger partial charge on any atom is 0.0103 e. The summed E-state index contributed by atoms with van der Waals surface area (Å²) < 4.78 is 0. The zero-order valence-electron chi connectivity index (χ0n) is 13.8. The summed E-state index contributed by atoms with van der Waals surface area (Å²) >= 11 is 0. The molecule has 2 aliphatic rings. The highest BCUT2D eigenvalue weighted by atomic mass is 15.0. The normalized spacial score (nSPS) is 43.9. The van der Waals surface area contributed by atoms with Gasteiger partial charge in [-0.3, -0.25) is 0 Å². The lowest BCUT2D eigenvalue weighted by Gasteiger charge is -2.40. The lowest BCUT2D eigenvalue weighted by Crippen LogP contribution is -2.48. The topological polar surface area (TPSA) is 12.0 Å². The Kier molecular flexibility index (Phi) is 5.34. The Balaban J connectivity index is 1.95. The second-order valence-corrected chi connectivity index (χ2v) is 7.81. The highest BCUT2D eigenvalue weighted by molar-refractivity contribution is 4.92. The van der Waals surface area contributed by atoms with Crippen LogP contribution in [0.1, 0.15) is 73.1 Å². The molecule has 1 heteroatoms. The maximum absolute atomic E-state index is 4.09. The smallest absolute Gasteiger partial charge is 0.0103 e. The predicted molar refractivity (Wildman–Crippen MR) is 84.2 cm³/mol. The van der Waals surface area contributed by atoms with E-state index in [1.165, 1.54) is 38.5 Å². The van der Waals surface area contributed by atoms with Gasteiger partial charge in [0.2, 0.25) is 0 Å². The van der Waals surface area contributed by atoms with Gasteiger partial charge in [-0.2, -0.15) is 0 Å². The number of hydrogen-bond donors (Lipinski definition) is 1. The van der Waals surface area contributed by atoms with E-state index in [1.54, 1.807) is 0 Å². The van der Waals surface area contributed by atoms with Crippen molar-refractivity contribution < 1.29 is 0 Å². The van der Waals surface area contributed by atoms with E-state index in [1.807, 2.05) is 0 Å². The lowest BCUT2D eigenvalue weighted by atomic mass is 9.73. The summed E-state index contributed by atoms with van der Waals surface area (Å²) in [5.41, 5.74) is 0. The van der Waals surface area contributed by atoms with Gasteiger partial charge in [-0.05, 0) is 55.3 Å². The van der Waals surface area contributed by atoms with Crippen LogP contribution in [0.5, 0.6) is 0 Å². The quantitative estimate of drug-likeness (QED) is 0.765. The van der Waals surface area contributed by atoms with E-state index in [0.717, 1.165) is 41.7 Å². The highest BCUT2D eigenvalue weighted by Crippen LogP contribution is 2.38. The first-order valence-corrected chi connectivity index (χ1v) is 8.78. The minimum atomic E-state index is 0.784. The molecule has 0 heterocycles. The molecule has 1 nitrogen and oxygen atoms in total. The minimum Gasteiger partial charge on any atom is -0.311 e. The Hall–Kier alpha value is -0.0400. The molecule has 0 spiro atoms. The van der Waals surface area contributed by atoms with E-state index in [9.17, 15) is 0 Å². The molecule has 0 aromatic carbocycles.